The lowest BCUT2D eigenvalue weighted by Gasteiger charge is -2.08. The summed E-state index contributed by atoms with van der Waals surface area (Å²) in [6, 6.07) is 13.3. The molecule has 3 heteroatoms. The molecule has 0 spiro atoms. The number of fused-ring (bicyclic) bond motifs is 1. The van der Waals surface area contributed by atoms with Crippen LogP contribution in [-0.4, -0.2) is 5.78 Å². The lowest BCUT2D eigenvalue weighted by Crippen LogP contribution is -1.96. The number of rotatable bonds is 3. The van der Waals surface area contributed by atoms with Crippen LogP contribution >= 0.6 is 11.6 Å². The summed E-state index contributed by atoms with van der Waals surface area (Å²) in [7, 11) is 0. The maximum Gasteiger partial charge on any atom is 0.163 e. The Kier molecular flexibility index (Phi) is 3.26. The number of aryl methyl sites for hydroxylation is 1. The SMILES string of the molecule is O=C1CCc2cc(OCc3ccc(Cl)cc3)ccc21. The third-order valence-corrected chi connectivity index (χ3v) is 3.57. The third-order valence-electron chi connectivity index (χ3n) is 3.32. The van der Waals surface area contributed by atoms with Gasteiger partial charge < -0.3 is 4.74 Å². The minimum atomic E-state index is 0.235. The van der Waals surface area contributed by atoms with Gasteiger partial charge in [0.15, 0.2) is 5.78 Å². The predicted molar refractivity (Wildman–Crippen MR) is 74.9 cm³/mol. The molecule has 0 N–H and O–H groups in total. The maximum atomic E-state index is 11.5. The zero-order valence-corrected chi connectivity index (χ0v) is 11.1. The maximum absolute atomic E-state index is 11.5. The Morgan fingerprint density at radius 2 is 1.84 bits per heavy atom. The molecule has 1 aliphatic rings. The quantitative estimate of drug-likeness (QED) is 0.843. The van der Waals surface area contributed by atoms with E-state index in [4.69, 9.17) is 16.3 Å². The van der Waals surface area contributed by atoms with Crippen LogP contribution in [0, 0.1) is 0 Å². The number of ether oxygens (including phenoxy) is 1. The fourth-order valence-corrected chi connectivity index (χ4v) is 2.39. The molecule has 0 fully saturated rings. The summed E-state index contributed by atoms with van der Waals surface area (Å²) in [4.78, 5) is 11.5. The first-order chi connectivity index (χ1) is 9.22. The molecular weight excluding hydrogens is 260 g/mol. The number of hydrogen-bond donors (Lipinski definition) is 0. The molecule has 0 saturated carbocycles. The molecule has 19 heavy (non-hydrogen) atoms. The van der Waals surface area contributed by atoms with Crippen LogP contribution in [0.3, 0.4) is 0 Å². The van der Waals surface area contributed by atoms with Gasteiger partial charge in [-0.1, -0.05) is 23.7 Å². The second-order valence-electron chi connectivity index (χ2n) is 4.66. The minimum Gasteiger partial charge on any atom is -0.489 e. The largest absolute Gasteiger partial charge is 0.489 e. The molecule has 1 aliphatic carbocycles. The van der Waals surface area contributed by atoms with Crippen LogP contribution in [0.1, 0.15) is 27.9 Å². The van der Waals surface area contributed by atoms with E-state index in [0.29, 0.717) is 13.0 Å². The van der Waals surface area contributed by atoms with Crippen molar-refractivity contribution in [3.8, 4) is 5.75 Å². The van der Waals surface area contributed by atoms with Gasteiger partial charge in [-0.2, -0.15) is 0 Å². The number of hydrogen-bond acceptors (Lipinski definition) is 2. The van der Waals surface area contributed by atoms with Gasteiger partial charge in [0.25, 0.3) is 0 Å². The minimum absolute atomic E-state index is 0.235. The lowest BCUT2D eigenvalue weighted by molar-refractivity contribution is 0.0994. The Morgan fingerprint density at radius 3 is 2.63 bits per heavy atom. The smallest absolute Gasteiger partial charge is 0.163 e. The van der Waals surface area contributed by atoms with E-state index in [2.05, 4.69) is 0 Å². The molecule has 0 atom stereocenters. The average molecular weight is 273 g/mol. The summed E-state index contributed by atoms with van der Waals surface area (Å²) in [5.74, 6) is 1.04. The lowest BCUT2D eigenvalue weighted by atomic mass is 10.1. The van der Waals surface area contributed by atoms with Crippen LogP contribution in [-0.2, 0) is 13.0 Å². The Bertz CT molecular complexity index is 617. The summed E-state index contributed by atoms with van der Waals surface area (Å²) in [6.07, 6.45) is 1.45. The molecule has 0 bridgehead atoms. The Morgan fingerprint density at radius 1 is 1.05 bits per heavy atom. The second kappa shape index (κ2) is 5.06. The van der Waals surface area contributed by atoms with E-state index in [1.807, 2.05) is 42.5 Å². The zero-order valence-electron chi connectivity index (χ0n) is 10.4. The fraction of sp³-hybridized carbons (Fsp3) is 0.188. The highest BCUT2D eigenvalue weighted by molar-refractivity contribution is 6.30. The topological polar surface area (TPSA) is 26.3 Å². The molecule has 0 aliphatic heterocycles. The Balaban J connectivity index is 1.71. The van der Waals surface area contributed by atoms with Crippen molar-refractivity contribution in [3.63, 3.8) is 0 Å². The van der Waals surface area contributed by atoms with E-state index >= 15 is 0 Å². The monoisotopic (exact) mass is 272 g/mol. The molecule has 2 aromatic rings. The van der Waals surface area contributed by atoms with Crippen molar-refractivity contribution in [2.75, 3.05) is 0 Å². The van der Waals surface area contributed by atoms with E-state index < -0.39 is 0 Å². The number of ketones is 1. The second-order valence-corrected chi connectivity index (χ2v) is 5.09. The van der Waals surface area contributed by atoms with Gasteiger partial charge in [-0.3, -0.25) is 4.79 Å². The van der Waals surface area contributed by atoms with Gasteiger partial charge in [0.2, 0.25) is 0 Å². The predicted octanol–water partition coefficient (Wildman–Crippen LogP) is 4.05. The third kappa shape index (κ3) is 2.64. The highest BCUT2D eigenvalue weighted by Crippen LogP contribution is 2.26. The molecular formula is C16H13ClO2. The van der Waals surface area contributed by atoms with Gasteiger partial charge in [-0.25, -0.2) is 0 Å². The average Bonchev–Trinajstić information content (AvgIpc) is 2.79. The first kappa shape index (κ1) is 12.2. The Labute approximate surface area is 117 Å². The van der Waals surface area contributed by atoms with Crippen molar-refractivity contribution in [1.82, 2.24) is 0 Å². The highest BCUT2D eigenvalue weighted by Gasteiger charge is 2.19. The van der Waals surface area contributed by atoms with Crippen LogP contribution in [0.5, 0.6) is 5.75 Å². The van der Waals surface area contributed by atoms with Gasteiger partial charge >= 0.3 is 0 Å². The first-order valence-corrected chi connectivity index (χ1v) is 6.63. The van der Waals surface area contributed by atoms with Crippen molar-refractivity contribution in [3.05, 3.63) is 64.2 Å². The van der Waals surface area contributed by atoms with Gasteiger partial charge in [0, 0.05) is 17.0 Å². The van der Waals surface area contributed by atoms with Gasteiger partial charge in [0.1, 0.15) is 12.4 Å². The van der Waals surface area contributed by atoms with Crippen LogP contribution in [0.4, 0.5) is 0 Å². The molecule has 0 aromatic heterocycles. The Hall–Kier alpha value is -1.80. The molecule has 0 amide bonds. The van der Waals surface area contributed by atoms with Crippen LogP contribution in [0.2, 0.25) is 5.02 Å². The van der Waals surface area contributed by atoms with Crippen molar-refractivity contribution >= 4 is 17.4 Å². The van der Waals surface area contributed by atoms with Crippen molar-refractivity contribution in [2.24, 2.45) is 0 Å². The van der Waals surface area contributed by atoms with Crippen molar-refractivity contribution in [2.45, 2.75) is 19.4 Å². The zero-order chi connectivity index (χ0) is 13.2. The van der Waals surface area contributed by atoms with E-state index in [0.717, 1.165) is 33.9 Å². The highest BCUT2D eigenvalue weighted by atomic mass is 35.5. The van der Waals surface area contributed by atoms with E-state index in [1.54, 1.807) is 0 Å². The van der Waals surface area contributed by atoms with E-state index in [9.17, 15) is 4.79 Å². The summed E-state index contributed by atoms with van der Waals surface area (Å²) >= 11 is 5.83. The summed E-state index contributed by atoms with van der Waals surface area (Å²) in [5, 5.41) is 0.722. The van der Waals surface area contributed by atoms with E-state index in [1.165, 1.54) is 0 Å². The number of Topliss-reactive ketones (excluding diaryl/α,β-unsaturated/α-hetero) is 1. The number of benzene rings is 2. The van der Waals surface area contributed by atoms with Crippen molar-refractivity contribution in [1.29, 1.82) is 0 Å². The standard InChI is InChI=1S/C16H13ClO2/c17-13-4-1-11(2-5-13)10-19-14-6-7-15-12(9-14)3-8-16(15)18/h1-2,4-7,9H,3,8,10H2. The molecule has 2 aromatic carbocycles. The molecule has 0 radical (unpaired) electrons. The summed E-state index contributed by atoms with van der Waals surface area (Å²) in [5.41, 5.74) is 3.01. The van der Waals surface area contributed by atoms with Crippen molar-refractivity contribution < 1.29 is 9.53 Å². The molecule has 3 rings (SSSR count). The first-order valence-electron chi connectivity index (χ1n) is 6.26. The van der Waals surface area contributed by atoms with Crippen LogP contribution < -0.4 is 4.74 Å². The summed E-state index contributed by atoms with van der Waals surface area (Å²) < 4.78 is 5.74. The molecule has 0 heterocycles. The van der Waals surface area contributed by atoms with Crippen LogP contribution in [0.15, 0.2) is 42.5 Å². The molecule has 0 unspecified atom stereocenters. The number of carbonyl (C=O) groups is 1. The van der Waals surface area contributed by atoms with Crippen LogP contribution in [0.25, 0.3) is 0 Å². The molecule has 0 saturated heterocycles. The van der Waals surface area contributed by atoms with E-state index in [-0.39, 0.29) is 5.78 Å². The fourth-order valence-electron chi connectivity index (χ4n) is 2.27. The number of carbonyl (C=O) groups excluding carboxylic acids is 1. The molecule has 96 valence electrons. The van der Waals surface area contributed by atoms with Gasteiger partial charge in [0.05, 0.1) is 0 Å². The number of halogens is 1. The summed E-state index contributed by atoms with van der Waals surface area (Å²) in [6.45, 7) is 0.504. The molecule has 2 nitrogen and oxygen atoms in total. The van der Waals surface area contributed by atoms with Gasteiger partial charge in [-0.15, -0.1) is 0 Å². The van der Waals surface area contributed by atoms with Gasteiger partial charge in [-0.05, 0) is 47.9 Å². The normalized spacial score (nSPS) is 13.4.